The van der Waals surface area contributed by atoms with Gasteiger partial charge >= 0.3 is 0 Å². The number of hydrogen-bond donors (Lipinski definition) is 0. The van der Waals surface area contributed by atoms with Gasteiger partial charge in [-0.05, 0) is 24.7 Å². The van der Waals surface area contributed by atoms with Crippen LogP contribution in [0.4, 0.5) is 0 Å². The van der Waals surface area contributed by atoms with Crippen LogP contribution in [0.1, 0.15) is 59.8 Å². The van der Waals surface area contributed by atoms with Crippen LogP contribution in [0.5, 0.6) is 0 Å². The molecular formula is C15H24. The summed E-state index contributed by atoms with van der Waals surface area (Å²) in [6.07, 6.45) is 5.19. The molecule has 15 heavy (non-hydrogen) atoms. The van der Waals surface area contributed by atoms with Gasteiger partial charge in [0, 0.05) is 12.8 Å². The third kappa shape index (κ3) is 13.1. The lowest BCUT2D eigenvalue weighted by atomic mass is 10.1. The van der Waals surface area contributed by atoms with Gasteiger partial charge < -0.3 is 0 Å². The van der Waals surface area contributed by atoms with Gasteiger partial charge in [-0.1, -0.05) is 39.5 Å². The Bertz CT molecular complexity index is 221. The summed E-state index contributed by atoms with van der Waals surface area (Å²) >= 11 is 0. The van der Waals surface area contributed by atoms with E-state index >= 15 is 0 Å². The van der Waals surface area contributed by atoms with Gasteiger partial charge in [0.05, 0.1) is 6.42 Å². The van der Waals surface area contributed by atoms with E-state index in [4.69, 9.17) is 0 Å². The van der Waals surface area contributed by atoms with Crippen molar-refractivity contribution in [2.24, 2.45) is 11.8 Å². The molecule has 0 spiro atoms. The second-order valence-electron chi connectivity index (χ2n) is 4.75. The van der Waals surface area contributed by atoms with E-state index in [-0.39, 0.29) is 0 Å². The molecule has 0 unspecified atom stereocenters. The second-order valence-corrected chi connectivity index (χ2v) is 4.75. The molecule has 0 atom stereocenters. The molecule has 0 aliphatic rings. The Morgan fingerprint density at radius 3 is 1.40 bits per heavy atom. The van der Waals surface area contributed by atoms with Crippen LogP contribution >= 0.6 is 0 Å². The van der Waals surface area contributed by atoms with E-state index in [1.807, 2.05) is 0 Å². The average molecular weight is 204 g/mol. The molecule has 0 heteroatoms. The second kappa shape index (κ2) is 9.67. The Hall–Kier alpha value is -0.880. The molecule has 0 radical (unpaired) electrons. The van der Waals surface area contributed by atoms with Gasteiger partial charge in [-0.2, -0.15) is 0 Å². The molecule has 0 amide bonds. The molecule has 0 aliphatic heterocycles. The van der Waals surface area contributed by atoms with Gasteiger partial charge in [-0.25, -0.2) is 0 Å². The van der Waals surface area contributed by atoms with Gasteiger partial charge in [0.15, 0.2) is 0 Å². The minimum atomic E-state index is 0.746. The summed E-state index contributed by atoms with van der Waals surface area (Å²) in [5.74, 6) is 14.1. The van der Waals surface area contributed by atoms with Crippen LogP contribution in [0.25, 0.3) is 0 Å². The molecule has 0 aromatic heterocycles. The van der Waals surface area contributed by atoms with Crippen LogP contribution in [0.2, 0.25) is 0 Å². The highest BCUT2D eigenvalue weighted by molar-refractivity contribution is 5.11. The van der Waals surface area contributed by atoms with Gasteiger partial charge in [-0.15, -0.1) is 11.8 Å². The van der Waals surface area contributed by atoms with Crippen molar-refractivity contribution in [1.82, 2.24) is 0 Å². The van der Waals surface area contributed by atoms with Crippen molar-refractivity contribution in [2.45, 2.75) is 59.8 Å². The van der Waals surface area contributed by atoms with Gasteiger partial charge in [0.2, 0.25) is 0 Å². The zero-order valence-electron chi connectivity index (χ0n) is 10.7. The summed E-state index contributed by atoms with van der Waals surface area (Å²) in [5, 5.41) is 0. The van der Waals surface area contributed by atoms with Crippen molar-refractivity contribution in [3.63, 3.8) is 0 Å². The normalized spacial score (nSPS) is 9.47. The van der Waals surface area contributed by atoms with Gasteiger partial charge in [0.1, 0.15) is 0 Å². The lowest BCUT2D eigenvalue weighted by molar-refractivity contribution is 0.599. The van der Waals surface area contributed by atoms with Crippen molar-refractivity contribution in [2.75, 3.05) is 0 Å². The molecule has 0 aliphatic carbocycles. The SMILES string of the molecule is CC(C)CCC#CCC#CCCC(C)C. The zero-order valence-corrected chi connectivity index (χ0v) is 10.7. The Kier molecular flexibility index (Phi) is 9.10. The smallest absolute Gasteiger partial charge is 0.0702 e. The van der Waals surface area contributed by atoms with E-state index in [0.717, 1.165) is 31.1 Å². The summed E-state index contributed by atoms with van der Waals surface area (Å²) in [5.41, 5.74) is 0. The van der Waals surface area contributed by atoms with E-state index in [1.165, 1.54) is 12.8 Å². The topological polar surface area (TPSA) is 0 Å². The molecule has 0 bridgehead atoms. The molecule has 0 aromatic carbocycles. The molecular weight excluding hydrogens is 180 g/mol. The van der Waals surface area contributed by atoms with E-state index < -0.39 is 0 Å². The molecule has 0 aromatic rings. The fourth-order valence-electron chi connectivity index (χ4n) is 1.07. The Morgan fingerprint density at radius 2 is 1.07 bits per heavy atom. The van der Waals surface area contributed by atoms with Crippen LogP contribution in [0.15, 0.2) is 0 Å². The van der Waals surface area contributed by atoms with E-state index in [1.54, 1.807) is 0 Å². The minimum absolute atomic E-state index is 0.746. The highest BCUT2D eigenvalue weighted by Gasteiger charge is 1.89. The Labute approximate surface area is 95.8 Å². The quantitative estimate of drug-likeness (QED) is 0.600. The maximum Gasteiger partial charge on any atom is 0.0702 e. The maximum absolute atomic E-state index is 3.16. The first-order chi connectivity index (χ1) is 7.13. The van der Waals surface area contributed by atoms with Crippen molar-refractivity contribution in [1.29, 1.82) is 0 Å². The van der Waals surface area contributed by atoms with Crippen molar-refractivity contribution >= 4 is 0 Å². The summed E-state index contributed by atoms with van der Waals surface area (Å²) in [6, 6.07) is 0. The monoisotopic (exact) mass is 204 g/mol. The van der Waals surface area contributed by atoms with Gasteiger partial charge in [-0.3, -0.25) is 0 Å². The fourth-order valence-corrected chi connectivity index (χ4v) is 1.07. The molecule has 0 nitrogen and oxygen atoms in total. The fraction of sp³-hybridized carbons (Fsp3) is 0.733. The van der Waals surface area contributed by atoms with Crippen LogP contribution in [0.3, 0.4) is 0 Å². The van der Waals surface area contributed by atoms with E-state index in [0.29, 0.717) is 0 Å². The lowest BCUT2D eigenvalue weighted by Gasteiger charge is -1.96. The molecule has 0 rings (SSSR count). The summed E-state index contributed by atoms with van der Waals surface area (Å²) in [6.45, 7) is 8.92. The summed E-state index contributed by atoms with van der Waals surface area (Å²) in [7, 11) is 0. The van der Waals surface area contributed by atoms with Crippen molar-refractivity contribution in [3.05, 3.63) is 0 Å². The molecule has 0 fully saturated rings. The third-order valence-corrected chi connectivity index (χ3v) is 2.12. The Morgan fingerprint density at radius 1 is 0.667 bits per heavy atom. The molecule has 0 saturated heterocycles. The van der Waals surface area contributed by atoms with Crippen LogP contribution < -0.4 is 0 Å². The first kappa shape index (κ1) is 14.1. The lowest BCUT2D eigenvalue weighted by Crippen LogP contribution is -1.84. The van der Waals surface area contributed by atoms with Crippen LogP contribution in [0, 0.1) is 35.5 Å². The first-order valence-electron chi connectivity index (χ1n) is 6.04. The summed E-state index contributed by atoms with van der Waals surface area (Å²) < 4.78 is 0. The third-order valence-electron chi connectivity index (χ3n) is 2.12. The first-order valence-corrected chi connectivity index (χ1v) is 6.04. The van der Waals surface area contributed by atoms with Crippen molar-refractivity contribution < 1.29 is 0 Å². The zero-order chi connectivity index (χ0) is 11.5. The van der Waals surface area contributed by atoms with Crippen LogP contribution in [-0.4, -0.2) is 0 Å². The highest BCUT2D eigenvalue weighted by Crippen LogP contribution is 2.02. The van der Waals surface area contributed by atoms with E-state index in [9.17, 15) is 0 Å². The predicted octanol–water partition coefficient (Wildman–Crippen LogP) is 4.26. The highest BCUT2D eigenvalue weighted by atomic mass is 13.9. The number of rotatable bonds is 4. The summed E-state index contributed by atoms with van der Waals surface area (Å²) in [4.78, 5) is 0. The minimum Gasteiger partial charge on any atom is -0.102 e. The molecule has 0 N–H and O–H groups in total. The van der Waals surface area contributed by atoms with Gasteiger partial charge in [0.25, 0.3) is 0 Å². The molecule has 0 saturated carbocycles. The largest absolute Gasteiger partial charge is 0.102 e. The van der Waals surface area contributed by atoms with E-state index in [2.05, 4.69) is 51.4 Å². The Balaban J connectivity index is 3.42. The average Bonchev–Trinajstić information content (AvgIpc) is 2.14. The standard InChI is InChI=1S/C15H24/c1-14(2)12-10-8-6-5-7-9-11-13-15(3)4/h14-15H,5,10-13H2,1-4H3. The van der Waals surface area contributed by atoms with Crippen LogP contribution in [-0.2, 0) is 0 Å². The predicted molar refractivity (Wildman–Crippen MR) is 68.3 cm³/mol. The molecule has 0 heterocycles. The number of hydrogen-bond acceptors (Lipinski definition) is 0. The maximum atomic E-state index is 3.16. The molecule has 84 valence electrons. The van der Waals surface area contributed by atoms with Crippen molar-refractivity contribution in [3.8, 4) is 23.7 Å².